The van der Waals surface area contributed by atoms with Gasteiger partial charge in [-0.05, 0) is 31.4 Å². The Balaban J connectivity index is 1.77. The highest BCUT2D eigenvalue weighted by molar-refractivity contribution is 7.89. The van der Waals surface area contributed by atoms with Crippen LogP contribution in [-0.4, -0.2) is 39.1 Å². The van der Waals surface area contributed by atoms with Crippen LogP contribution >= 0.6 is 0 Å². The lowest BCUT2D eigenvalue weighted by atomic mass is 9.93. The molecule has 2 fully saturated rings. The fraction of sp³-hybridized carbons (Fsp3) is 0.615. The molecule has 0 spiro atoms. The van der Waals surface area contributed by atoms with Crippen LogP contribution < -0.4 is 10.0 Å². The monoisotopic (exact) mass is 314 g/mol. The number of nitrogens with one attached hydrogen (secondary N) is 2. The molecule has 0 aliphatic carbocycles. The van der Waals surface area contributed by atoms with E-state index in [0.29, 0.717) is 19.4 Å². The zero-order valence-electron chi connectivity index (χ0n) is 11.4. The maximum atomic E-state index is 12.2. The molecular weight excluding hydrogens is 296 g/mol. The Morgan fingerprint density at radius 2 is 2.19 bits per heavy atom. The summed E-state index contributed by atoms with van der Waals surface area (Å²) in [4.78, 5) is 11.6. The standard InChI is InChI=1S/C13H18N2O5S/c16-11-6-5-9(13(14-11)10-3-1-7-19-10)15-21(17,18)12-4-2-8-20-12/h2,4,8-10,13,15H,1,3,5-7H2,(H,14,16)/t9-,10?,13-/m0/s1. The van der Waals surface area contributed by atoms with Crippen molar-refractivity contribution in [1.82, 2.24) is 10.0 Å². The summed E-state index contributed by atoms with van der Waals surface area (Å²) in [7, 11) is -3.72. The molecule has 3 heterocycles. The van der Waals surface area contributed by atoms with E-state index in [0.717, 1.165) is 12.8 Å². The second-order valence-electron chi connectivity index (χ2n) is 5.34. The summed E-state index contributed by atoms with van der Waals surface area (Å²) in [5, 5.41) is 2.73. The van der Waals surface area contributed by atoms with Crippen molar-refractivity contribution in [3.05, 3.63) is 18.4 Å². The summed E-state index contributed by atoms with van der Waals surface area (Å²) >= 11 is 0. The van der Waals surface area contributed by atoms with Gasteiger partial charge in [-0.2, -0.15) is 0 Å². The van der Waals surface area contributed by atoms with Gasteiger partial charge in [-0.15, -0.1) is 0 Å². The van der Waals surface area contributed by atoms with Gasteiger partial charge in [0.2, 0.25) is 11.0 Å². The van der Waals surface area contributed by atoms with Crippen LogP contribution in [0, 0.1) is 0 Å². The highest BCUT2D eigenvalue weighted by Crippen LogP contribution is 2.23. The van der Waals surface area contributed by atoms with Crippen LogP contribution in [0.25, 0.3) is 0 Å². The number of ether oxygens (including phenoxy) is 1. The van der Waals surface area contributed by atoms with Crippen molar-refractivity contribution in [3.8, 4) is 0 Å². The molecule has 2 aliphatic heterocycles. The lowest BCUT2D eigenvalue weighted by Gasteiger charge is -2.35. The van der Waals surface area contributed by atoms with Crippen molar-refractivity contribution < 1.29 is 22.4 Å². The summed E-state index contributed by atoms with van der Waals surface area (Å²) in [5.41, 5.74) is 0. The molecule has 2 aliphatic rings. The van der Waals surface area contributed by atoms with Crippen molar-refractivity contribution >= 4 is 15.9 Å². The van der Waals surface area contributed by atoms with Gasteiger partial charge in [0.05, 0.1) is 18.4 Å². The molecule has 1 aromatic rings. The molecule has 0 saturated carbocycles. The van der Waals surface area contributed by atoms with E-state index >= 15 is 0 Å². The van der Waals surface area contributed by atoms with Gasteiger partial charge in [-0.1, -0.05) is 0 Å². The van der Waals surface area contributed by atoms with Crippen LogP contribution in [-0.2, 0) is 19.6 Å². The van der Waals surface area contributed by atoms with Gasteiger partial charge >= 0.3 is 0 Å². The molecule has 1 unspecified atom stereocenters. The second-order valence-corrected chi connectivity index (χ2v) is 6.99. The summed E-state index contributed by atoms with van der Waals surface area (Å²) < 4.78 is 37.7. The van der Waals surface area contributed by atoms with E-state index in [1.54, 1.807) is 0 Å². The third kappa shape index (κ3) is 3.12. The number of carbonyl (C=O) groups is 1. The number of carbonyl (C=O) groups excluding carboxylic acids is 1. The smallest absolute Gasteiger partial charge is 0.274 e. The van der Waals surface area contributed by atoms with E-state index in [2.05, 4.69) is 10.0 Å². The molecule has 3 atom stereocenters. The number of hydrogen-bond donors (Lipinski definition) is 2. The van der Waals surface area contributed by atoms with E-state index in [4.69, 9.17) is 9.15 Å². The normalized spacial score (nSPS) is 30.3. The Bertz CT molecular complexity index is 592. The molecule has 8 heteroatoms. The third-order valence-corrected chi connectivity index (χ3v) is 5.25. The van der Waals surface area contributed by atoms with E-state index < -0.39 is 10.0 Å². The molecule has 0 radical (unpaired) electrons. The minimum atomic E-state index is -3.72. The topological polar surface area (TPSA) is 97.6 Å². The molecule has 7 nitrogen and oxygen atoms in total. The summed E-state index contributed by atoms with van der Waals surface area (Å²) in [5.74, 6) is -0.0658. The highest BCUT2D eigenvalue weighted by atomic mass is 32.2. The van der Waals surface area contributed by atoms with Gasteiger partial charge in [-0.3, -0.25) is 4.79 Å². The van der Waals surface area contributed by atoms with Gasteiger partial charge in [-0.25, -0.2) is 13.1 Å². The Morgan fingerprint density at radius 3 is 2.86 bits per heavy atom. The van der Waals surface area contributed by atoms with Crippen LogP contribution in [0.5, 0.6) is 0 Å². The van der Waals surface area contributed by atoms with Crippen molar-refractivity contribution in [3.63, 3.8) is 0 Å². The number of piperidine rings is 1. The first-order chi connectivity index (χ1) is 10.1. The van der Waals surface area contributed by atoms with E-state index in [-0.39, 0.29) is 29.2 Å². The molecule has 1 amide bonds. The predicted molar refractivity (Wildman–Crippen MR) is 73.0 cm³/mol. The number of sulfonamides is 1. The fourth-order valence-corrected chi connectivity index (χ4v) is 4.09. The quantitative estimate of drug-likeness (QED) is 0.837. The average molecular weight is 314 g/mol. The number of rotatable bonds is 4. The molecular formula is C13H18N2O5S. The Kier molecular flexibility index (Phi) is 4.01. The molecule has 116 valence electrons. The van der Waals surface area contributed by atoms with Gasteiger partial charge in [0, 0.05) is 19.1 Å². The minimum Gasteiger partial charge on any atom is -0.452 e. The largest absolute Gasteiger partial charge is 0.452 e. The van der Waals surface area contributed by atoms with Crippen LogP contribution in [0.15, 0.2) is 27.9 Å². The first-order valence-corrected chi connectivity index (χ1v) is 8.51. The Labute approximate surface area is 123 Å². The van der Waals surface area contributed by atoms with E-state index in [9.17, 15) is 13.2 Å². The molecule has 1 aromatic heterocycles. The van der Waals surface area contributed by atoms with E-state index in [1.165, 1.54) is 18.4 Å². The van der Waals surface area contributed by atoms with Crippen molar-refractivity contribution in [2.75, 3.05) is 6.61 Å². The predicted octanol–water partition coefficient (Wildman–Crippen LogP) is 0.384. The molecule has 3 rings (SSSR count). The van der Waals surface area contributed by atoms with Gasteiger partial charge in [0.15, 0.2) is 0 Å². The Hall–Kier alpha value is -1.38. The summed E-state index contributed by atoms with van der Waals surface area (Å²) in [6, 6.07) is 2.19. The fourth-order valence-electron chi connectivity index (χ4n) is 2.87. The third-order valence-electron chi connectivity index (χ3n) is 3.88. The molecule has 2 N–H and O–H groups in total. The lowest BCUT2D eigenvalue weighted by Crippen LogP contribution is -2.59. The van der Waals surface area contributed by atoms with Crippen molar-refractivity contribution in [2.45, 2.75) is 49.0 Å². The molecule has 2 saturated heterocycles. The Morgan fingerprint density at radius 1 is 1.33 bits per heavy atom. The number of amides is 1. The first-order valence-electron chi connectivity index (χ1n) is 7.03. The minimum absolute atomic E-state index is 0.0658. The second kappa shape index (κ2) is 5.78. The zero-order valence-corrected chi connectivity index (χ0v) is 12.3. The molecule has 21 heavy (non-hydrogen) atoms. The molecule has 0 aromatic carbocycles. The van der Waals surface area contributed by atoms with Crippen LogP contribution in [0.4, 0.5) is 0 Å². The van der Waals surface area contributed by atoms with Crippen molar-refractivity contribution in [2.24, 2.45) is 0 Å². The van der Waals surface area contributed by atoms with Gasteiger partial charge in [0.25, 0.3) is 10.0 Å². The maximum Gasteiger partial charge on any atom is 0.274 e. The molecule has 0 bridgehead atoms. The van der Waals surface area contributed by atoms with E-state index in [1.807, 2.05) is 0 Å². The SMILES string of the molecule is O=C1CC[C@H](NS(=O)(=O)c2ccco2)[C@@H](C2CCCO2)N1. The van der Waals surface area contributed by atoms with Gasteiger partial charge in [0.1, 0.15) is 0 Å². The number of hydrogen-bond acceptors (Lipinski definition) is 5. The van der Waals surface area contributed by atoms with Crippen molar-refractivity contribution in [1.29, 1.82) is 0 Å². The maximum absolute atomic E-state index is 12.2. The summed E-state index contributed by atoms with van der Waals surface area (Å²) in [6.07, 6.45) is 3.68. The average Bonchev–Trinajstić information content (AvgIpc) is 3.13. The zero-order chi connectivity index (χ0) is 14.9. The summed E-state index contributed by atoms with van der Waals surface area (Å²) in [6.45, 7) is 0.648. The highest BCUT2D eigenvalue weighted by Gasteiger charge is 2.39. The number of furan rings is 1. The van der Waals surface area contributed by atoms with Gasteiger partial charge < -0.3 is 14.5 Å². The van der Waals surface area contributed by atoms with Crippen LogP contribution in [0.1, 0.15) is 25.7 Å². The van der Waals surface area contributed by atoms with Crippen LogP contribution in [0.2, 0.25) is 0 Å². The lowest BCUT2D eigenvalue weighted by molar-refractivity contribution is -0.125. The van der Waals surface area contributed by atoms with Crippen LogP contribution in [0.3, 0.4) is 0 Å². The first kappa shape index (κ1) is 14.6.